The number of carbonyl (C=O) groups is 1. The minimum absolute atomic E-state index is 0.179. The molecular weight excluding hydrogens is 345 g/mol. The number of methoxy groups -OCH3 is 1. The average Bonchev–Trinajstić information content (AvgIpc) is 2.69. The lowest BCUT2D eigenvalue weighted by molar-refractivity contribution is 0.0602. The molecular formula is C21H18FN3O2. The fraction of sp³-hybridized carbons (Fsp3) is 0.0952. The van der Waals surface area contributed by atoms with Gasteiger partial charge in [0.1, 0.15) is 5.82 Å². The van der Waals surface area contributed by atoms with Crippen molar-refractivity contribution >= 4 is 17.9 Å². The monoisotopic (exact) mass is 363 g/mol. The van der Waals surface area contributed by atoms with Crippen LogP contribution in [0.5, 0.6) is 0 Å². The van der Waals surface area contributed by atoms with Gasteiger partial charge in [-0.1, -0.05) is 6.07 Å². The Hall–Kier alpha value is -3.54. The average molecular weight is 363 g/mol. The van der Waals surface area contributed by atoms with E-state index >= 15 is 0 Å². The van der Waals surface area contributed by atoms with Crippen LogP contribution in [0.1, 0.15) is 21.5 Å². The number of nitrogens with one attached hydrogen (secondary N) is 1. The van der Waals surface area contributed by atoms with Crippen molar-refractivity contribution in [1.82, 2.24) is 4.98 Å². The molecule has 0 aliphatic heterocycles. The summed E-state index contributed by atoms with van der Waals surface area (Å²) in [5.74, 6) is -0.872. The van der Waals surface area contributed by atoms with E-state index < -0.39 is 5.97 Å². The van der Waals surface area contributed by atoms with Crippen LogP contribution in [0, 0.1) is 18.2 Å². The number of nitrogen functional groups attached to an aromatic ring is 1. The van der Waals surface area contributed by atoms with Gasteiger partial charge in [-0.15, -0.1) is 0 Å². The second-order valence-corrected chi connectivity index (χ2v) is 6.03. The highest BCUT2D eigenvalue weighted by Gasteiger charge is 2.17. The molecule has 0 saturated carbocycles. The number of anilines is 1. The van der Waals surface area contributed by atoms with Crippen LogP contribution in [0.2, 0.25) is 0 Å². The van der Waals surface area contributed by atoms with Crippen molar-refractivity contribution in [2.75, 3.05) is 12.8 Å². The van der Waals surface area contributed by atoms with Crippen molar-refractivity contribution in [2.45, 2.75) is 6.92 Å². The summed E-state index contributed by atoms with van der Waals surface area (Å²) >= 11 is 0. The number of nitrogens with zero attached hydrogens (tertiary/aromatic N) is 1. The summed E-state index contributed by atoms with van der Waals surface area (Å²) in [5.41, 5.74) is 10.0. The van der Waals surface area contributed by atoms with Crippen molar-refractivity contribution in [1.29, 1.82) is 5.41 Å². The van der Waals surface area contributed by atoms with Gasteiger partial charge in [-0.2, -0.15) is 0 Å². The fourth-order valence-electron chi connectivity index (χ4n) is 2.89. The molecule has 0 saturated heterocycles. The van der Waals surface area contributed by atoms with E-state index in [1.165, 1.54) is 13.2 Å². The summed E-state index contributed by atoms with van der Waals surface area (Å²) in [7, 11) is 1.27. The van der Waals surface area contributed by atoms with Gasteiger partial charge in [0.25, 0.3) is 0 Å². The van der Waals surface area contributed by atoms with E-state index in [0.29, 0.717) is 22.4 Å². The number of pyridine rings is 1. The van der Waals surface area contributed by atoms with Crippen LogP contribution in [-0.4, -0.2) is 24.3 Å². The summed E-state index contributed by atoms with van der Waals surface area (Å²) in [6.07, 6.45) is 2.73. The van der Waals surface area contributed by atoms with Crippen molar-refractivity contribution in [2.24, 2.45) is 0 Å². The molecule has 0 bridgehead atoms. The number of benzene rings is 2. The Bertz CT molecular complexity index is 1050. The van der Waals surface area contributed by atoms with Crippen LogP contribution < -0.4 is 5.73 Å². The van der Waals surface area contributed by atoms with Crippen LogP contribution in [0.3, 0.4) is 0 Å². The van der Waals surface area contributed by atoms with Gasteiger partial charge in [-0.05, 0) is 54.4 Å². The standard InChI is InChI=1S/C21H18FN3O2/c1-12-8-13(5-6-18(12)22)20-16(4-3-7-25-20)14-9-15(11-23)19(24)17(10-14)21(26)27-2/h3-11,23H,24H2,1-2H3. The summed E-state index contributed by atoms with van der Waals surface area (Å²) in [4.78, 5) is 16.5. The van der Waals surface area contributed by atoms with Gasteiger partial charge in [0.2, 0.25) is 0 Å². The molecule has 2 aromatic carbocycles. The van der Waals surface area contributed by atoms with Crippen LogP contribution in [0.15, 0.2) is 48.7 Å². The molecule has 3 aromatic rings. The zero-order chi connectivity index (χ0) is 19.6. The molecule has 0 amide bonds. The molecule has 27 heavy (non-hydrogen) atoms. The van der Waals surface area contributed by atoms with Crippen LogP contribution in [-0.2, 0) is 4.74 Å². The first-order valence-electron chi connectivity index (χ1n) is 8.20. The maximum absolute atomic E-state index is 13.7. The third-order valence-corrected chi connectivity index (χ3v) is 4.32. The quantitative estimate of drug-likeness (QED) is 0.412. The molecule has 3 N–H and O–H groups in total. The molecule has 1 heterocycles. The molecule has 1 aromatic heterocycles. The van der Waals surface area contributed by atoms with Gasteiger partial charge >= 0.3 is 5.97 Å². The van der Waals surface area contributed by atoms with E-state index in [9.17, 15) is 9.18 Å². The normalized spacial score (nSPS) is 10.5. The first-order valence-corrected chi connectivity index (χ1v) is 8.20. The van der Waals surface area contributed by atoms with Crippen LogP contribution in [0.25, 0.3) is 22.4 Å². The molecule has 0 aliphatic rings. The Morgan fingerprint density at radius 3 is 2.67 bits per heavy atom. The molecule has 0 fully saturated rings. The van der Waals surface area contributed by atoms with Crippen molar-refractivity contribution in [3.05, 3.63) is 71.2 Å². The van der Waals surface area contributed by atoms with Gasteiger partial charge < -0.3 is 15.9 Å². The third-order valence-electron chi connectivity index (χ3n) is 4.32. The largest absolute Gasteiger partial charge is 0.465 e. The summed E-state index contributed by atoms with van der Waals surface area (Å²) in [6.45, 7) is 1.69. The Labute approximate surface area is 156 Å². The molecule has 0 radical (unpaired) electrons. The highest BCUT2D eigenvalue weighted by molar-refractivity contribution is 6.02. The zero-order valence-electron chi connectivity index (χ0n) is 14.9. The maximum atomic E-state index is 13.7. The van der Waals surface area contributed by atoms with Gasteiger partial charge in [0, 0.05) is 29.1 Å². The Kier molecular flexibility index (Phi) is 4.98. The number of halogens is 1. The SMILES string of the molecule is COC(=O)c1cc(-c2cccnc2-c2ccc(F)c(C)c2)cc(C=N)c1N. The number of rotatable bonds is 4. The molecule has 5 nitrogen and oxygen atoms in total. The van der Waals surface area contributed by atoms with E-state index in [1.54, 1.807) is 43.5 Å². The molecule has 3 rings (SSSR count). The zero-order valence-corrected chi connectivity index (χ0v) is 14.9. The fourth-order valence-corrected chi connectivity index (χ4v) is 2.89. The Morgan fingerprint density at radius 1 is 1.22 bits per heavy atom. The number of esters is 1. The van der Waals surface area contributed by atoms with E-state index in [4.69, 9.17) is 15.9 Å². The highest BCUT2D eigenvalue weighted by atomic mass is 19.1. The van der Waals surface area contributed by atoms with Gasteiger partial charge in [-0.25, -0.2) is 9.18 Å². The van der Waals surface area contributed by atoms with Gasteiger partial charge in [0.15, 0.2) is 0 Å². The molecule has 6 heteroatoms. The smallest absolute Gasteiger partial charge is 0.339 e. The third kappa shape index (κ3) is 3.42. The maximum Gasteiger partial charge on any atom is 0.339 e. The van der Waals surface area contributed by atoms with Crippen molar-refractivity contribution < 1.29 is 13.9 Å². The van der Waals surface area contributed by atoms with Crippen LogP contribution >= 0.6 is 0 Å². The first kappa shape index (κ1) is 18.3. The number of aromatic nitrogens is 1. The Balaban J connectivity index is 2.25. The number of nitrogens with two attached hydrogens (primary N) is 1. The number of hydrogen-bond donors (Lipinski definition) is 2. The lowest BCUT2D eigenvalue weighted by Crippen LogP contribution is -2.08. The van der Waals surface area contributed by atoms with E-state index in [2.05, 4.69) is 4.98 Å². The Morgan fingerprint density at radius 2 is 2.00 bits per heavy atom. The first-order chi connectivity index (χ1) is 13.0. The number of aryl methyl sites for hydroxylation is 1. The predicted octanol–water partition coefficient (Wildman–Crippen LogP) is 4.23. The summed E-state index contributed by atoms with van der Waals surface area (Å²) < 4.78 is 18.5. The predicted molar refractivity (Wildman–Crippen MR) is 103 cm³/mol. The van der Waals surface area contributed by atoms with E-state index in [-0.39, 0.29) is 17.1 Å². The van der Waals surface area contributed by atoms with Crippen LogP contribution in [0.4, 0.5) is 10.1 Å². The number of carbonyl (C=O) groups excluding carboxylic acids is 1. The number of ether oxygens (including phenoxy) is 1. The molecule has 136 valence electrons. The molecule has 0 unspecified atom stereocenters. The second-order valence-electron chi connectivity index (χ2n) is 6.03. The topological polar surface area (TPSA) is 89.1 Å². The van der Waals surface area contributed by atoms with Crippen molar-refractivity contribution in [3.8, 4) is 22.4 Å². The summed E-state index contributed by atoms with van der Waals surface area (Å²) in [6, 6.07) is 11.7. The van der Waals surface area contributed by atoms with E-state index in [1.807, 2.05) is 6.07 Å². The van der Waals surface area contributed by atoms with Crippen molar-refractivity contribution in [3.63, 3.8) is 0 Å². The summed E-state index contributed by atoms with van der Waals surface area (Å²) in [5, 5.41) is 7.59. The van der Waals surface area contributed by atoms with E-state index in [0.717, 1.165) is 17.3 Å². The minimum atomic E-state index is -0.583. The molecule has 0 spiro atoms. The lowest BCUT2D eigenvalue weighted by Gasteiger charge is -2.14. The lowest BCUT2D eigenvalue weighted by atomic mass is 9.94. The second kappa shape index (κ2) is 7.37. The molecule has 0 aliphatic carbocycles. The van der Waals surface area contributed by atoms with Gasteiger partial charge in [0.05, 0.1) is 24.1 Å². The highest BCUT2D eigenvalue weighted by Crippen LogP contribution is 2.34. The number of hydrogen-bond acceptors (Lipinski definition) is 5. The minimum Gasteiger partial charge on any atom is -0.465 e. The van der Waals surface area contributed by atoms with Gasteiger partial charge in [-0.3, -0.25) is 4.98 Å². The molecule has 0 atom stereocenters.